The van der Waals surface area contributed by atoms with Gasteiger partial charge in [-0.3, -0.25) is 4.68 Å². The lowest BCUT2D eigenvalue weighted by Crippen LogP contribution is -2.11. The van der Waals surface area contributed by atoms with E-state index in [2.05, 4.69) is 48.5 Å². The minimum atomic E-state index is 0.848. The van der Waals surface area contributed by atoms with Crippen molar-refractivity contribution in [3.05, 3.63) is 53.3 Å². The molecular formula is C14H19N3. The van der Waals surface area contributed by atoms with Crippen molar-refractivity contribution in [1.29, 1.82) is 0 Å². The number of nitrogens with one attached hydrogen (secondary N) is 1. The quantitative estimate of drug-likeness (QED) is 0.853. The van der Waals surface area contributed by atoms with Gasteiger partial charge >= 0.3 is 0 Å². The van der Waals surface area contributed by atoms with Crippen LogP contribution < -0.4 is 5.32 Å². The molecule has 0 spiro atoms. The van der Waals surface area contributed by atoms with Crippen LogP contribution in [-0.4, -0.2) is 16.3 Å². The Morgan fingerprint density at radius 2 is 1.82 bits per heavy atom. The Bertz CT molecular complexity index is 457. The molecule has 1 aromatic heterocycles. The third-order valence-corrected chi connectivity index (χ3v) is 2.86. The average Bonchev–Trinajstić information content (AvgIpc) is 2.74. The zero-order valence-corrected chi connectivity index (χ0v) is 10.5. The number of benzene rings is 1. The molecule has 0 aliphatic carbocycles. The van der Waals surface area contributed by atoms with Crippen molar-refractivity contribution < 1.29 is 0 Å². The largest absolute Gasteiger partial charge is 0.313 e. The highest BCUT2D eigenvalue weighted by atomic mass is 15.3. The van der Waals surface area contributed by atoms with Gasteiger partial charge in [-0.25, -0.2) is 0 Å². The van der Waals surface area contributed by atoms with Gasteiger partial charge in [0.05, 0.1) is 6.54 Å². The summed E-state index contributed by atoms with van der Waals surface area (Å²) in [5.41, 5.74) is 3.81. The number of rotatable bonds is 5. The van der Waals surface area contributed by atoms with Gasteiger partial charge in [0, 0.05) is 18.4 Å². The first-order chi connectivity index (χ1) is 8.29. The number of aryl methyl sites for hydroxylation is 1. The summed E-state index contributed by atoms with van der Waals surface area (Å²) in [6.45, 7) is 6.99. The van der Waals surface area contributed by atoms with E-state index in [-0.39, 0.29) is 0 Å². The normalized spacial score (nSPS) is 10.7. The molecule has 2 rings (SSSR count). The molecule has 0 bridgehead atoms. The molecule has 0 aliphatic heterocycles. The van der Waals surface area contributed by atoms with Crippen molar-refractivity contribution in [2.24, 2.45) is 0 Å². The van der Waals surface area contributed by atoms with E-state index in [4.69, 9.17) is 0 Å². The minimum absolute atomic E-state index is 0.848. The second-order valence-electron chi connectivity index (χ2n) is 4.23. The van der Waals surface area contributed by atoms with Crippen LogP contribution in [0.15, 0.2) is 36.5 Å². The van der Waals surface area contributed by atoms with Crippen molar-refractivity contribution in [3.63, 3.8) is 0 Å². The molecular weight excluding hydrogens is 210 g/mol. The molecule has 1 heterocycles. The predicted molar refractivity (Wildman–Crippen MR) is 69.9 cm³/mol. The molecule has 0 saturated heterocycles. The van der Waals surface area contributed by atoms with Gasteiger partial charge in [0.15, 0.2) is 0 Å². The van der Waals surface area contributed by atoms with Crippen LogP contribution in [-0.2, 0) is 13.1 Å². The van der Waals surface area contributed by atoms with Gasteiger partial charge in [-0.1, -0.05) is 31.2 Å². The molecule has 17 heavy (non-hydrogen) atoms. The zero-order valence-electron chi connectivity index (χ0n) is 10.5. The van der Waals surface area contributed by atoms with Crippen molar-refractivity contribution in [3.8, 4) is 0 Å². The molecule has 0 saturated carbocycles. The second-order valence-corrected chi connectivity index (χ2v) is 4.23. The van der Waals surface area contributed by atoms with E-state index in [0.717, 1.165) is 19.6 Å². The van der Waals surface area contributed by atoms with E-state index in [1.54, 1.807) is 0 Å². The van der Waals surface area contributed by atoms with Crippen LogP contribution in [0.3, 0.4) is 0 Å². The first-order valence-electron chi connectivity index (χ1n) is 6.06. The van der Waals surface area contributed by atoms with E-state index >= 15 is 0 Å². The summed E-state index contributed by atoms with van der Waals surface area (Å²) < 4.78 is 2.01. The van der Waals surface area contributed by atoms with Gasteiger partial charge in [0.1, 0.15) is 0 Å². The van der Waals surface area contributed by atoms with Crippen LogP contribution in [0.4, 0.5) is 0 Å². The molecule has 3 nitrogen and oxygen atoms in total. The van der Waals surface area contributed by atoms with E-state index in [9.17, 15) is 0 Å². The van der Waals surface area contributed by atoms with Crippen LogP contribution in [0.2, 0.25) is 0 Å². The standard InChI is InChI=1S/C14H19N3/c1-3-15-10-13-4-6-14(7-5-13)11-17-12(2)8-9-16-17/h4-9,15H,3,10-11H2,1-2H3. The SMILES string of the molecule is CCNCc1ccc(Cn2nccc2C)cc1. The molecule has 0 aliphatic rings. The number of hydrogen-bond donors (Lipinski definition) is 1. The maximum absolute atomic E-state index is 4.29. The average molecular weight is 229 g/mol. The summed E-state index contributed by atoms with van der Waals surface area (Å²) in [7, 11) is 0. The fraction of sp³-hybridized carbons (Fsp3) is 0.357. The predicted octanol–water partition coefficient (Wildman–Crippen LogP) is 2.35. The fourth-order valence-corrected chi connectivity index (χ4v) is 1.77. The van der Waals surface area contributed by atoms with Gasteiger partial charge in [-0.2, -0.15) is 5.10 Å². The molecule has 0 radical (unpaired) electrons. The number of aromatic nitrogens is 2. The van der Waals surface area contributed by atoms with Crippen LogP contribution in [0, 0.1) is 6.92 Å². The molecule has 3 heteroatoms. The van der Waals surface area contributed by atoms with Gasteiger partial charge in [-0.05, 0) is 30.7 Å². The van der Waals surface area contributed by atoms with Crippen molar-refractivity contribution in [2.45, 2.75) is 26.9 Å². The van der Waals surface area contributed by atoms with E-state index < -0.39 is 0 Å². The molecule has 2 aromatic rings. The summed E-state index contributed by atoms with van der Waals surface area (Å²) in [4.78, 5) is 0. The topological polar surface area (TPSA) is 29.9 Å². The molecule has 0 unspecified atom stereocenters. The summed E-state index contributed by atoms with van der Waals surface area (Å²) in [6.07, 6.45) is 1.84. The molecule has 0 amide bonds. The molecule has 0 atom stereocenters. The number of nitrogens with zero attached hydrogens (tertiary/aromatic N) is 2. The summed E-state index contributed by atoms with van der Waals surface area (Å²) in [5.74, 6) is 0. The van der Waals surface area contributed by atoms with Gasteiger partial charge in [0.2, 0.25) is 0 Å². The lowest BCUT2D eigenvalue weighted by molar-refractivity contribution is 0.664. The summed E-state index contributed by atoms with van der Waals surface area (Å²) in [6, 6.07) is 10.7. The monoisotopic (exact) mass is 229 g/mol. The van der Waals surface area contributed by atoms with E-state index in [1.165, 1.54) is 16.8 Å². The maximum Gasteiger partial charge on any atom is 0.0662 e. The highest BCUT2D eigenvalue weighted by Crippen LogP contribution is 2.07. The minimum Gasteiger partial charge on any atom is -0.313 e. The third-order valence-electron chi connectivity index (χ3n) is 2.86. The Balaban J connectivity index is 2.01. The zero-order chi connectivity index (χ0) is 12.1. The van der Waals surface area contributed by atoms with Crippen molar-refractivity contribution in [2.75, 3.05) is 6.54 Å². The van der Waals surface area contributed by atoms with Gasteiger partial charge in [-0.15, -0.1) is 0 Å². The van der Waals surface area contributed by atoms with Crippen molar-refractivity contribution in [1.82, 2.24) is 15.1 Å². The first kappa shape index (κ1) is 11.9. The van der Waals surface area contributed by atoms with Gasteiger partial charge in [0.25, 0.3) is 0 Å². The Kier molecular flexibility index (Phi) is 3.94. The second kappa shape index (κ2) is 5.64. The van der Waals surface area contributed by atoms with Gasteiger partial charge < -0.3 is 5.32 Å². The first-order valence-corrected chi connectivity index (χ1v) is 6.06. The van der Waals surface area contributed by atoms with E-state index in [1.807, 2.05) is 16.9 Å². The third kappa shape index (κ3) is 3.17. The Labute approximate surface area is 102 Å². The molecule has 1 aromatic carbocycles. The van der Waals surface area contributed by atoms with Crippen molar-refractivity contribution >= 4 is 0 Å². The molecule has 0 fully saturated rings. The van der Waals surface area contributed by atoms with Crippen LogP contribution in [0.25, 0.3) is 0 Å². The molecule has 90 valence electrons. The lowest BCUT2D eigenvalue weighted by atomic mass is 10.1. The lowest BCUT2D eigenvalue weighted by Gasteiger charge is -2.06. The Morgan fingerprint density at radius 1 is 1.12 bits per heavy atom. The van der Waals surface area contributed by atoms with Crippen LogP contribution in [0.1, 0.15) is 23.7 Å². The molecule has 1 N–H and O–H groups in total. The maximum atomic E-state index is 4.29. The Hall–Kier alpha value is -1.61. The number of hydrogen-bond acceptors (Lipinski definition) is 2. The summed E-state index contributed by atoms with van der Waals surface area (Å²) >= 11 is 0. The van der Waals surface area contributed by atoms with Crippen LogP contribution in [0.5, 0.6) is 0 Å². The van der Waals surface area contributed by atoms with Crippen LogP contribution >= 0.6 is 0 Å². The summed E-state index contributed by atoms with van der Waals surface area (Å²) in [5, 5.41) is 7.61. The Morgan fingerprint density at radius 3 is 2.41 bits per heavy atom. The smallest absolute Gasteiger partial charge is 0.0662 e. The fourth-order valence-electron chi connectivity index (χ4n) is 1.77. The highest BCUT2D eigenvalue weighted by Gasteiger charge is 1.99. The highest BCUT2D eigenvalue weighted by molar-refractivity contribution is 5.23. The van der Waals surface area contributed by atoms with E-state index in [0.29, 0.717) is 0 Å².